The monoisotopic (exact) mass is 723 g/mol. The summed E-state index contributed by atoms with van der Waals surface area (Å²) in [6.45, 7) is 0. The zero-order valence-electron chi connectivity index (χ0n) is 30.5. The minimum Gasteiger partial charge on any atom is -0.309 e. The third kappa shape index (κ3) is 4.54. The standard InChI is InChI=1S/C52H29N5/c53-29-33-26-40(37-19-8-12-24-48(37)56-46-22-10-6-17-35(46)36-18-7-11-23-47(36)56)45(31-55)52(44(33)30-54)57-49-25-13-9-20-38(49)42-27-43-41(28-50(42)57)34-16-4-5-21-39(34)51(43)32-14-2-1-3-15-32/h1-28,51H. The second-order valence-corrected chi connectivity index (χ2v) is 14.5. The van der Waals surface area contributed by atoms with Gasteiger partial charge in [0.1, 0.15) is 18.2 Å². The average Bonchev–Trinajstić information content (AvgIpc) is 3.90. The van der Waals surface area contributed by atoms with Crippen molar-refractivity contribution in [2.24, 2.45) is 0 Å². The summed E-state index contributed by atoms with van der Waals surface area (Å²) in [5.74, 6) is 0.0547. The minimum absolute atomic E-state index is 0.0547. The number of nitriles is 3. The highest BCUT2D eigenvalue weighted by molar-refractivity contribution is 6.13. The van der Waals surface area contributed by atoms with Crippen molar-refractivity contribution in [1.29, 1.82) is 15.8 Å². The van der Waals surface area contributed by atoms with Crippen LogP contribution in [0.15, 0.2) is 170 Å². The summed E-state index contributed by atoms with van der Waals surface area (Å²) in [6.07, 6.45) is 0. The molecule has 0 spiro atoms. The Hall–Kier alpha value is -8.17. The Bertz CT molecular complexity index is 3400. The van der Waals surface area contributed by atoms with Crippen molar-refractivity contribution < 1.29 is 0 Å². The number of aromatic nitrogens is 2. The molecule has 1 aliphatic carbocycles. The number of para-hydroxylation sites is 4. The maximum atomic E-state index is 11.3. The van der Waals surface area contributed by atoms with E-state index in [1.807, 2.05) is 71.3 Å². The van der Waals surface area contributed by atoms with Crippen LogP contribution in [0.5, 0.6) is 0 Å². The quantitative estimate of drug-likeness (QED) is 0.181. The molecule has 0 saturated carbocycles. The van der Waals surface area contributed by atoms with Crippen LogP contribution in [0.3, 0.4) is 0 Å². The summed E-state index contributed by atoms with van der Waals surface area (Å²) in [7, 11) is 0. The summed E-state index contributed by atoms with van der Waals surface area (Å²) in [4.78, 5) is 0. The van der Waals surface area contributed by atoms with E-state index >= 15 is 0 Å². The Balaban J connectivity index is 1.24. The van der Waals surface area contributed by atoms with Crippen molar-refractivity contribution in [2.75, 3.05) is 0 Å². The largest absolute Gasteiger partial charge is 0.309 e. The molecule has 1 atom stereocenters. The lowest BCUT2D eigenvalue weighted by Gasteiger charge is -2.19. The van der Waals surface area contributed by atoms with Gasteiger partial charge in [-0.2, -0.15) is 15.8 Å². The number of hydrogen-bond acceptors (Lipinski definition) is 3. The molecule has 0 saturated heterocycles. The number of benzene rings is 8. The van der Waals surface area contributed by atoms with E-state index in [4.69, 9.17) is 0 Å². The average molecular weight is 724 g/mol. The molecule has 1 unspecified atom stereocenters. The van der Waals surface area contributed by atoms with Gasteiger partial charge in [-0.25, -0.2) is 0 Å². The van der Waals surface area contributed by atoms with Gasteiger partial charge in [-0.1, -0.05) is 127 Å². The van der Waals surface area contributed by atoms with E-state index in [1.165, 1.54) is 16.7 Å². The van der Waals surface area contributed by atoms with Gasteiger partial charge in [0, 0.05) is 38.6 Å². The van der Waals surface area contributed by atoms with Crippen molar-refractivity contribution in [2.45, 2.75) is 5.92 Å². The molecule has 0 fully saturated rings. The van der Waals surface area contributed by atoms with E-state index < -0.39 is 0 Å². The van der Waals surface area contributed by atoms with Crippen LogP contribution < -0.4 is 0 Å². The summed E-state index contributed by atoms with van der Waals surface area (Å²) in [5, 5.41) is 37.3. The van der Waals surface area contributed by atoms with Crippen molar-refractivity contribution in [3.8, 4) is 51.8 Å². The van der Waals surface area contributed by atoms with E-state index in [1.54, 1.807) is 6.07 Å². The normalized spacial score (nSPS) is 13.0. The van der Waals surface area contributed by atoms with Crippen LogP contribution in [-0.2, 0) is 0 Å². The van der Waals surface area contributed by atoms with Gasteiger partial charge in [-0.15, -0.1) is 0 Å². The first kappa shape index (κ1) is 32.3. The van der Waals surface area contributed by atoms with E-state index in [0.29, 0.717) is 16.8 Å². The van der Waals surface area contributed by atoms with Crippen molar-refractivity contribution >= 4 is 43.6 Å². The molecule has 8 aromatic carbocycles. The summed E-state index contributed by atoms with van der Waals surface area (Å²) >= 11 is 0. The van der Waals surface area contributed by atoms with Gasteiger partial charge >= 0.3 is 0 Å². The fourth-order valence-electron chi connectivity index (χ4n) is 9.41. The Morgan fingerprint density at radius 1 is 0.386 bits per heavy atom. The minimum atomic E-state index is 0.0547. The first-order valence-corrected chi connectivity index (χ1v) is 18.9. The van der Waals surface area contributed by atoms with Crippen LogP contribution in [0.4, 0.5) is 0 Å². The highest BCUT2D eigenvalue weighted by Crippen LogP contribution is 2.51. The van der Waals surface area contributed by atoms with Crippen LogP contribution in [0.25, 0.3) is 77.2 Å². The van der Waals surface area contributed by atoms with E-state index in [9.17, 15) is 15.8 Å². The topological polar surface area (TPSA) is 81.2 Å². The highest BCUT2D eigenvalue weighted by atomic mass is 15.0. The van der Waals surface area contributed by atoms with E-state index in [2.05, 4.69) is 120 Å². The Kier molecular flexibility index (Phi) is 7.04. The molecule has 5 nitrogen and oxygen atoms in total. The molecule has 57 heavy (non-hydrogen) atoms. The number of nitrogens with zero attached hydrogens (tertiary/aromatic N) is 5. The maximum Gasteiger partial charge on any atom is 0.103 e. The Labute approximate surface area is 328 Å². The van der Waals surface area contributed by atoms with Gasteiger partial charge in [0.2, 0.25) is 0 Å². The molecule has 2 heterocycles. The molecule has 0 radical (unpaired) electrons. The Morgan fingerprint density at radius 2 is 0.947 bits per heavy atom. The molecule has 5 heteroatoms. The zero-order chi connectivity index (χ0) is 38.2. The number of hydrogen-bond donors (Lipinski definition) is 0. The smallest absolute Gasteiger partial charge is 0.103 e. The van der Waals surface area contributed by atoms with Gasteiger partial charge < -0.3 is 9.13 Å². The predicted octanol–water partition coefficient (Wildman–Crippen LogP) is 12.3. The molecule has 2 aromatic heterocycles. The predicted molar refractivity (Wildman–Crippen MR) is 228 cm³/mol. The lowest BCUT2D eigenvalue weighted by Crippen LogP contribution is -2.07. The molecule has 10 aromatic rings. The second-order valence-electron chi connectivity index (χ2n) is 14.5. The SMILES string of the molecule is N#Cc1cc(-c2ccccc2-n2c3ccccc3c3ccccc32)c(C#N)c(-n2c3ccccc3c3cc4c(cc32)-c2ccccc2C4c2ccccc2)c1C#N. The molecule has 11 rings (SSSR count). The van der Waals surface area contributed by atoms with Crippen LogP contribution in [0, 0.1) is 34.0 Å². The van der Waals surface area contributed by atoms with Crippen LogP contribution in [0.1, 0.15) is 39.3 Å². The lowest BCUT2D eigenvalue weighted by atomic mass is 9.89. The first-order valence-electron chi connectivity index (χ1n) is 18.9. The maximum absolute atomic E-state index is 11.3. The molecular formula is C52H29N5. The molecule has 0 N–H and O–H groups in total. The third-order valence-electron chi connectivity index (χ3n) is 11.7. The molecule has 0 aliphatic heterocycles. The van der Waals surface area contributed by atoms with E-state index in [0.717, 1.165) is 66.0 Å². The van der Waals surface area contributed by atoms with Crippen molar-refractivity contribution in [3.05, 3.63) is 203 Å². The number of fused-ring (bicyclic) bond motifs is 9. The van der Waals surface area contributed by atoms with Crippen LogP contribution in [0.2, 0.25) is 0 Å². The lowest BCUT2D eigenvalue weighted by molar-refractivity contribution is 1.02. The van der Waals surface area contributed by atoms with Gasteiger partial charge in [-0.05, 0) is 70.3 Å². The molecule has 262 valence electrons. The fraction of sp³-hybridized carbons (Fsp3) is 0.0192. The molecule has 1 aliphatic rings. The molecule has 0 bridgehead atoms. The summed E-state index contributed by atoms with van der Waals surface area (Å²) in [5.41, 5.74) is 13.1. The fourth-order valence-corrected chi connectivity index (χ4v) is 9.41. The molecule has 0 amide bonds. The van der Waals surface area contributed by atoms with Crippen molar-refractivity contribution in [3.63, 3.8) is 0 Å². The molecular weight excluding hydrogens is 695 g/mol. The van der Waals surface area contributed by atoms with Gasteiger partial charge in [0.25, 0.3) is 0 Å². The van der Waals surface area contributed by atoms with Gasteiger partial charge in [0.05, 0.1) is 50.1 Å². The highest BCUT2D eigenvalue weighted by Gasteiger charge is 2.32. The van der Waals surface area contributed by atoms with Gasteiger partial charge in [-0.3, -0.25) is 0 Å². The van der Waals surface area contributed by atoms with E-state index in [-0.39, 0.29) is 17.0 Å². The number of rotatable bonds is 4. The Morgan fingerprint density at radius 3 is 1.61 bits per heavy atom. The zero-order valence-corrected chi connectivity index (χ0v) is 30.5. The first-order chi connectivity index (χ1) is 28.2. The summed E-state index contributed by atoms with van der Waals surface area (Å²) in [6, 6.07) is 65.5. The summed E-state index contributed by atoms with van der Waals surface area (Å²) < 4.78 is 4.28. The van der Waals surface area contributed by atoms with Crippen LogP contribution >= 0.6 is 0 Å². The van der Waals surface area contributed by atoms with Crippen LogP contribution in [-0.4, -0.2) is 9.13 Å². The third-order valence-corrected chi connectivity index (χ3v) is 11.7. The second kappa shape index (κ2) is 12.4. The van der Waals surface area contributed by atoms with Crippen molar-refractivity contribution in [1.82, 2.24) is 9.13 Å². The van der Waals surface area contributed by atoms with Gasteiger partial charge in [0.15, 0.2) is 0 Å².